The average Bonchev–Trinajstić information content (AvgIpc) is 2.92. The Labute approximate surface area is 119 Å². The second-order valence-electron chi connectivity index (χ2n) is 5.03. The standard InChI is InChI=1S/C14H14N4O3/c1-7(2)20-11-5-8(3)4-9-6-10(13-15-17-18-16-13)14(19)21-12(9)11/h4-7H,1-3H3,(H,15,16,17,18). The maximum absolute atomic E-state index is 12.1. The highest BCUT2D eigenvalue weighted by atomic mass is 16.5. The third-order valence-electron chi connectivity index (χ3n) is 2.89. The molecular weight excluding hydrogens is 272 g/mol. The smallest absolute Gasteiger partial charge is 0.347 e. The van der Waals surface area contributed by atoms with Crippen molar-refractivity contribution in [2.75, 3.05) is 0 Å². The minimum Gasteiger partial charge on any atom is -0.487 e. The minimum atomic E-state index is -0.527. The molecule has 0 atom stereocenters. The van der Waals surface area contributed by atoms with Gasteiger partial charge in [-0.1, -0.05) is 0 Å². The first-order valence-corrected chi connectivity index (χ1v) is 6.53. The van der Waals surface area contributed by atoms with Gasteiger partial charge in [0.1, 0.15) is 5.56 Å². The molecule has 0 aliphatic rings. The molecule has 0 aliphatic heterocycles. The van der Waals surface area contributed by atoms with E-state index in [2.05, 4.69) is 20.6 Å². The lowest BCUT2D eigenvalue weighted by Crippen LogP contribution is -2.08. The van der Waals surface area contributed by atoms with Gasteiger partial charge in [-0.3, -0.25) is 0 Å². The molecule has 7 heteroatoms. The van der Waals surface area contributed by atoms with E-state index in [0.717, 1.165) is 10.9 Å². The van der Waals surface area contributed by atoms with Crippen LogP contribution in [-0.4, -0.2) is 26.7 Å². The van der Waals surface area contributed by atoms with E-state index < -0.39 is 5.63 Å². The molecule has 0 saturated heterocycles. The molecular formula is C14H14N4O3. The lowest BCUT2D eigenvalue weighted by molar-refractivity contribution is 0.241. The Bertz CT molecular complexity index is 837. The monoisotopic (exact) mass is 286 g/mol. The van der Waals surface area contributed by atoms with Gasteiger partial charge in [0.25, 0.3) is 0 Å². The van der Waals surface area contributed by atoms with E-state index >= 15 is 0 Å². The van der Waals surface area contributed by atoms with Crippen molar-refractivity contribution < 1.29 is 9.15 Å². The molecule has 0 spiro atoms. The van der Waals surface area contributed by atoms with Crippen molar-refractivity contribution in [3.8, 4) is 17.1 Å². The second-order valence-corrected chi connectivity index (χ2v) is 5.03. The van der Waals surface area contributed by atoms with Crippen LogP contribution in [0.4, 0.5) is 0 Å². The summed E-state index contributed by atoms with van der Waals surface area (Å²) in [5.74, 6) is 0.759. The van der Waals surface area contributed by atoms with Gasteiger partial charge >= 0.3 is 5.63 Å². The molecule has 2 heterocycles. The van der Waals surface area contributed by atoms with E-state index in [9.17, 15) is 4.79 Å². The van der Waals surface area contributed by atoms with Crippen LogP contribution in [0, 0.1) is 6.92 Å². The number of hydrogen-bond acceptors (Lipinski definition) is 6. The van der Waals surface area contributed by atoms with E-state index in [1.807, 2.05) is 32.9 Å². The van der Waals surface area contributed by atoms with Crippen molar-refractivity contribution in [1.82, 2.24) is 20.6 Å². The predicted octanol–water partition coefficient (Wildman–Crippen LogP) is 2.07. The first-order chi connectivity index (χ1) is 10.0. The van der Waals surface area contributed by atoms with Gasteiger partial charge in [-0.15, -0.1) is 10.2 Å². The molecule has 108 valence electrons. The largest absolute Gasteiger partial charge is 0.487 e. The zero-order chi connectivity index (χ0) is 15.0. The summed E-state index contributed by atoms with van der Waals surface area (Å²) < 4.78 is 11.1. The minimum absolute atomic E-state index is 0.0165. The fourth-order valence-corrected chi connectivity index (χ4v) is 2.12. The normalized spacial score (nSPS) is 11.2. The molecule has 0 fully saturated rings. The number of H-pyrrole nitrogens is 1. The highest BCUT2D eigenvalue weighted by Gasteiger charge is 2.15. The van der Waals surface area contributed by atoms with E-state index in [4.69, 9.17) is 9.15 Å². The molecule has 1 aromatic carbocycles. The van der Waals surface area contributed by atoms with Crippen LogP contribution < -0.4 is 10.4 Å². The summed E-state index contributed by atoms with van der Waals surface area (Å²) in [5.41, 5.74) is 1.16. The number of ether oxygens (including phenoxy) is 1. The summed E-state index contributed by atoms with van der Waals surface area (Å²) >= 11 is 0. The van der Waals surface area contributed by atoms with Crippen LogP contribution in [0.25, 0.3) is 22.4 Å². The third kappa shape index (κ3) is 2.49. The van der Waals surface area contributed by atoms with E-state index in [0.29, 0.717) is 11.3 Å². The van der Waals surface area contributed by atoms with Crippen LogP contribution in [0.3, 0.4) is 0 Å². The van der Waals surface area contributed by atoms with Crippen LogP contribution in [0.15, 0.2) is 27.4 Å². The van der Waals surface area contributed by atoms with Crippen LogP contribution in [0.2, 0.25) is 0 Å². The van der Waals surface area contributed by atoms with Gasteiger partial charge in [-0.25, -0.2) is 4.79 Å². The highest BCUT2D eigenvalue weighted by Crippen LogP contribution is 2.29. The van der Waals surface area contributed by atoms with E-state index in [1.165, 1.54) is 0 Å². The number of nitrogens with one attached hydrogen (secondary N) is 1. The number of benzene rings is 1. The Morgan fingerprint density at radius 2 is 2.10 bits per heavy atom. The molecule has 0 radical (unpaired) electrons. The number of tetrazole rings is 1. The first-order valence-electron chi connectivity index (χ1n) is 6.53. The van der Waals surface area contributed by atoms with E-state index in [1.54, 1.807) is 6.07 Å². The zero-order valence-corrected chi connectivity index (χ0v) is 11.9. The fourth-order valence-electron chi connectivity index (χ4n) is 2.12. The summed E-state index contributed by atoms with van der Waals surface area (Å²) in [7, 11) is 0. The topological polar surface area (TPSA) is 93.9 Å². The predicted molar refractivity (Wildman–Crippen MR) is 76.2 cm³/mol. The second kappa shape index (κ2) is 5.01. The zero-order valence-electron chi connectivity index (χ0n) is 11.9. The van der Waals surface area contributed by atoms with Crippen molar-refractivity contribution in [3.05, 3.63) is 34.2 Å². The molecule has 2 aromatic heterocycles. The Morgan fingerprint density at radius 3 is 2.76 bits per heavy atom. The number of aryl methyl sites for hydroxylation is 1. The van der Waals surface area contributed by atoms with Crippen LogP contribution in [-0.2, 0) is 0 Å². The molecule has 0 bridgehead atoms. The molecule has 0 saturated carbocycles. The van der Waals surface area contributed by atoms with Crippen molar-refractivity contribution in [2.45, 2.75) is 26.9 Å². The molecule has 7 nitrogen and oxygen atoms in total. The number of nitrogens with zero attached hydrogens (tertiary/aromatic N) is 3. The number of aromatic amines is 1. The molecule has 0 unspecified atom stereocenters. The quantitative estimate of drug-likeness (QED) is 0.741. The Balaban J connectivity index is 2.25. The fraction of sp³-hybridized carbons (Fsp3) is 0.286. The van der Waals surface area contributed by atoms with E-state index in [-0.39, 0.29) is 17.5 Å². The Kier molecular flexibility index (Phi) is 3.17. The Morgan fingerprint density at radius 1 is 1.29 bits per heavy atom. The molecule has 0 amide bonds. The Hall–Kier alpha value is -2.70. The number of fused-ring (bicyclic) bond motifs is 1. The first kappa shape index (κ1) is 13.3. The average molecular weight is 286 g/mol. The van der Waals surface area contributed by atoms with Gasteiger partial charge in [0.2, 0.25) is 5.82 Å². The summed E-state index contributed by atoms with van der Waals surface area (Å²) in [6.07, 6.45) is -0.0165. The van der Waals surface area contributed by atoms with Gasteiger partial charge < -0.3 is 9.15 Å². The lowest BCUT2D eigenvalue weighted by atomic mass is 10.1. The summed E-state index contributed by atoms with van der Waals surface area (Å²) in [6, 6.07) is 5.44. The number of rotatable bonds is 3. The number of hydrogen-bond donors (Lipinski definition) is 1. The molecule has 3 aromatic rings. The van der Waals surface area contributed by atoms with Crippen molar-refractivity contribution in [2.24, 2.45) is 0 Å². The molecule has 1 N–H and O–H groups in total. The lowest BCUT2D eigenvalue weighted by Gasteiger charge is -2.12. The van der Waals surface area contributed by atoms with Gasteiger partial charge in [0.05, 0.1) is 6.10 Å². The summed E-state index contributed by atoms with van der Waals surface area (Å²) in [6.45, 7) is 5.78. The van der Waals surface area contributed by atoms with Crippen molar-refractivity contribution >= 4 is 11.0 Å². The maximum Gasteiger partial charge on any atom is 0.347 e. The molecule has 0 aliphatic carbocycles. The van der Waals surface area contributed by atoms with Gasteiger partial charge in [0, 0.05) is 5.39 Å². The maximum atomic E-state index is 12.1. The number of aromatic nitrogens is 4. The van der Waals surface area contributed by atoms with Crippen molar-refractivity contribution in [3.63, 3.8) is 0 Å². The summed E-state index contributed by atoms with van der Waals surface area (Å²) in [5, 5.41) is 14.1. The third-order valence-corrected chi connectivity index (χ3v) is 2.89. The van der Waals surface area contributed by atoms with Crippen LogP contribution >= 0.6 is 0 Å². The highest BCUT2D eigenvalue weighted by molar-refractivity contribution is 5.86. The SMILES string of the molecule is Cc1cc(OC(C)C)c2oc(=O)c(-c3nn[nH]n3)cc2c1. The van der Waals surface area contributed by atoms with Gasteiger partial charge in [-0.05, 0) is 49.7 Å². The van der Waals surface area contributed by atoms with Crippen LogP contribution in [0.5, 0.6) is 5.75 Å². The van der Waals surface area contributed by atoms with Gasteiger partial charge in [0.15, 0.2) is 11.3 Å². The van der Waals surface area contributed by atoms with Crippen molar-refractivity contribution in [1.29, 1.82) is 0 Å². The van der Waals surface area contributed by atoms with Gasteiger partial charge in [-0.2, -0.15) is 5.21 Å². The summed E-state index contributed by atoms with van der Waals surface area (Å²) in [4.78, 5) is 12.1. The molecule has 21 heavy (non-hydrogen) atoms. The van der Waals surface area contributed by atoms with Crippen LogP contribution in [0.1, 0.15) is 19.4 Å². The molecule has 3 rings (SSSR count).